The molecule has 0 fully saturated rings. The fourth-order valence-corrected chi connectivity index (χ4v) is 2.26. The summed E-state index contributed by atoms with van der Waals surface area (Å²) in [5.41, 5.74) is 5.37. The summed E-state index contributed by atoms with van der Waals surface area (Å²) < 4.78 is 5.09. The molecule has 6 heteroatoms. The fourth-order valence-electron chi connectivity index (χ4n) is 1.37. The summed E-state index contributed by atoms with van der Waals surface area (Å²) in [6, 6.07) is 7.68. The van der Waals surface area contributed by atoms with E-state index in [0.717, 1.165) is 17.1 Å². The average Bonchev–Trinajstić information content (AvgIpc) is 2.39. The number of hydrogen-bond donors (Lipinski definition) is 2. The molecular formula is C13H21ClN2O2S. The van der Waals surface area contributed by atoms with Gasteiger partial charge in [-0.15, -0.1) is 24.2 Å². The maximum Gasteiger partial charge on any atom is 0.233 e. The Hall–Kier alpha value is -0.910. The fraction of sp³-hybridized carbons (Fsp3) is 0.462. The molecule has 1 aromatic rings. The van der Waals surface area contributed by atoms with E-state index in [1.807, 2.05) is 31.2 Å². The lowest BCUT2D eigenvalue weighted by atomic mass is 10.3. The van der Waals surface area contributed by atoms with Crippen LogP contribution < -0.4 is 15.8 Å². The molecule has 0 aliphatic rings. The van der Waals surface area contributed by atoms with Crippen molar-refractivity contribution in [1.29, 1.82) is 0 Å². The molecular weight excluding hydrogens is 284 g/mol. The number of rotatable bonds is 7. The van der Waals surface area contributed by atoms with Gasteiger partial charge in [0.05, 0.1) is 12.4 Å². The summed E-state index contributed by atoms with van der Waals surface area (Å²) in [7, 11) is 1.63. The minimum atomic E-state index is -0.115. The van der Waals surface area contributed by atoms with E-state index < -0.39 is 0 Å². The van der Waals surface area contributed by atoms with E-state index in [9.17, 15) is 4.79 Å². The van der Waals surface area contributed by atoms with Crippen molar-refractivity contribution in [1.82, 2.24) is 5.32 Å². The number of amides is 1. The monoisotopic (exact) mass is 304 g/mol. The van der Waals surface area contributed by atoms with Crippen molar-refractivity contribution in [3.8, 4) is 5.75 Å². The average molecular weight is 305 g/mol. The Morgan fingerprint density at radius 3 is 2.58 bits per heavy atom. The number of methoxy groups -OCH3 is 1. The smallest absolute Gasteiger partial charge is 0.233 e. The Morgan fingerprint density at radius 2 is 2.05 bits per heavy atom. The van der Waals surface area contributed by atoms with Crippen LogP contribution in [-0.2, 0) is 4.79 Å². The highest BCUT2D eigenvalue weighted by Crippen LogP contribution is 2.25. The second kappa shape index (κ2) is 9.95. The Kier molecular flexibility index (Phi) is 9.47. The zero-order valence-corrected chi connectivity index (χ0v) is 12.9. The Bertz CT molecular complexity index is 373. The molecule has 3 N–H and O–H groups in total. The Labute approximate surface area is 124 Å². The first-order valence-corrected chi connectivity index (χ1v) is 6.84. The molecule has 1 atom stereocenters. The molecule has 0 aliphatic heterocycles. The van der Waals surface area contributed by atoms with Crippen LogP contribution in [0.3, 0.4) is 0 Å². The summed E-state index contributed by atoms with van der Waals surface area (Å²) in [5, 5.41) is 2.75. The van der Waals surface area contributed by atoms with Gasteiger partial charge in [0.1, 0.15) is 5.75 Å². The molecule has 4 nitrogen and oxygen atoms in total. The Balaban J connectivity index is 0.00000324. The normalized spacial score (nSPS) is 11.3. The highest BCUT2D eigenvalue weighted by Gasteiger charge is 2.13. The Morgan fingerprint density at radius 1 is 1.42 bits per heavy atom. The van der Waals surface area contributed by atoms with Crippen molar-refractivity contribution < 1.29 is 9.53 Å². The third-order valence-corrected chi connectivity index (χ3v) is 3.53. The van der Waals surface area contributed by atoms with Crippen LogP contribution >= 0.6 is 24.2 Å². The first kappa shape index (κ1) is 18.1. The third kappa shape index (κ3) is 6.71. The molecule has 108 valence electrons. The number of halogens is 1. The molecule has 19 heavy (non-hydrogen) atoms. The van der Waals surface area contributed by atoms with E-state index in [4.69, 9.17) is 10.5 Å². The van der Waals surface area contributed by atoms with Crippen LogP contribution in [0.25, 0.3) is 0 Å². The molecule has 1 unspecified atom stereocenters. The van der Waals surface area contributed by atoms with E-state index in [2.05, 4.69) is 5.32 Å². The lowest BCUT2D eigenvalue weighted by Gasteiger charge is -2.12. The molecule has 0 saturated carbocycles. The van der Waals surface area contributed by atoms with Crippen molar-refractivity contribution in [3.05, 3.63) is 24.3 Å². The maximum absolute atomic E-state index is 11.7. The highest BCUT2D eigenvalue weighted by atomic mass is 35.5. The van der Waals surface area contributed by atoms with Crippen LogP contribution in [0.4, 0.5) is 0 Å². The molecule has 0 saturated heterocycles. The molecule has 0 bridgehead atoms. The number of thioether (sulfide) groups is 1. The molecule has 0 radical (unpaired) electrons. The van der Waals surface area contributed by atoms with Gasteiger partial charge in [-0.2, -0.15) is 0 Å². The van der Waals surface area contributed by atoms with Crippen LogP contribution in [0, 0.1) is 0 Å². The van der Waals surface area contributed by atoms with Gasteiger partial charge in [0, 0.05) is 11.4 Å². The molecule has 0 aliphatic carbocycles. The highest BCUT2D eigenvalue weighted by molar-refractivity contribution is 8.00. The molecule has 0 aromatic heterocycles. The number of carbonyl (C=O) groups excluding carboxylic acids is 1. The van der Waals surface area contributed by atoms with Crippen molar-refractivity contribution in [2.75, 3.05) is 20.2 Å². The molecule has 1 rings (SSSR count). The summed E-state index contributed by atoms with van der Waals surface area (Å²) in [6.07, 6.45) is 0.811. The zero-order valence-electron chi connectivity index (χ0n) is 11.2. The van der Waals surface area contributed by atoms with E-state index in [-0.39, 0.29) is 23.6 Å². The van der Waals surface area contributed by atoms with Crippen LogP contribution in [0.1, 0.15) is 13.3 Å². The summed E-state index contributed by atoms with van der Waals surface area (Å²) in [4.78, 5) is 12.8. The lowest BCUT2D eigenvalue weighted by Crippen LogP contribution is -2.32. The summed E-state index contributed by atoms with van der Waals surface area (Å²) >= 11 is 1.53. The summed E-state index contributed by atoms with van der Waals surface area (Å²) in [6.45, 7) is 3.13. The van der Waals surface area contributed by atoms with Gasteiger partial charge in [-0.25, -0.2) is 0 Å². The number of hydrogen-bond acceptors (Lipinski definition) is 4. The second-order valence-corrected chi connectivity index (χ2v) is 5.28. The number of carbonyl (C=O) groups is 1. The van der Waals surface area contributed by atoms with Gasteiger partial charge < -0.3 is 15.8 Å². The molecule has 1 amide bonds. The van der Waals surface area contributed by atoms with Crippen molar-refractivity contribution >= 4 is 30.1 Å². The SMILES string of the molecule is COc1ccc(SC(C)C(=O)NCCCN)cc1.Cl. The lowest BCUT2D eigenvalue weighted by molar-refractivity contribution is -0.120. The number of benzene rings is 1. The molecule has 0 spiro atoms. The van der Waals surface area contributed by atoms with Crippen LogP contribution in [0.2, 0.25) is 0 Å². The number of nitrogens with two attached hydrogens (primary N) is 1. The topological polar surface area (TPSA) is 64.3 Å². The first-order chi connectivity index (χ1) is 8.67. The molecule has 0 heterocycles. The van der Waals surface area contributed by atoms with Gasteiger partial charge in [0.25, 0.3) is 0 Å². The van der Waals surface area contributed by atoms with E-state index in [0.29, 0.717) is 13.1 Å². The van der Waals surface area contributed by atoms with Gasteiger partial charge in [-0.05, 0) is 44.2 Å². The van der Waals surface area contributed by atoms with Gasteiger partial charge >= 0.3 is 0 Å². The van der Waals surface area contributed by atoms with Gasteiger partial charge in [0.15, 0.2) is 0 Å². The van der Waals surface area contributed by atoms with Gasteiger partial charge in [0.2, 0.25) is 5.91 Å². The predicted octanol–water partition coefficient (Wildman–Crippen LogP) is 2.06. The van der Waals surface area contributed by atoms with E-state index in [1.165, 1.54) is 11.8 Å². The zero-order chi connectivity index (χ0) is 13.4. The number of ether oxygens (including phenoxy) is 1. The van der Waals surface area contributed by atoms with Crippen molar-refractivity contribution in [2.45, 2.75) is 23.5 Å². The van der Waals surface area contributed by atoms with E-state index in [1.54, 1.807) is 7.11 Å². The van der Waals surface area contributed by atoms with Gasteiger partial charge in [-0.3, -0.25) is 4.79 Å². The first-order valence-electron chi connectivity index (χ1n) is 5.96. The van der Waals surface area contributed by atoms with Crippen molar-refractivity contribution in [2.24, 2.45) is 5.73 Å². The van der Waals surface area contributed by atoms with Crippen LogP contribution in [-0.4, -0.2) is 31.4 Å². The minimum Gasteiger partial charge on any atom is -0.497 e. The third-order valence-electron chi connectivity index (χ3n) is 2.42. The standard InChI is InChI=1S/C13H20N2O2S.ClH/c1-10(13(16)15-9-3-8-14)18-12-6-4-11(17-2)5-7-12;/h4-7,10H,3,8-9,14H2,1-2H3,(H,15,16);1H. The maximum atomic E-state index is 11.7. The predicted molar refractivity (Wildman–Crippen MR) is 82.2 cm³/mol. The second-order valence-electron chi connectivity index (χ2n) is 3.87. The largest absolute Gasteiger partial charge is 0.497 e. The van der Waals surface area contributed by atoms with Gasteiger partial charge in [-0.1, -0.05) is 0 Å². The van der Waals surface area contributed by atoms with E-state index >= 15 is 0 Å². The van der Waals surface area contributed by atoms with Crippen LogP contribution in [0.15, 0.2) is 29.2 Å². The van der Waals surface area contributed by atoms with Crippen molar-refractivity contribution in [3.63, 3.8) is 0 Å². The quantitative estimate of drug-likeness (QED) is 0.598. The molecule has 1 aromatic carbocycles. The van der Waals surface area contributed by atoms with Crippen LogP contribution in [0.5, 0.6) is 5.75 Å². The minimum absolute atomic E-state index is 0. The summed E-state index contributed by atoms with van der Waals surface area (Å²) in [5.74, 6) is 0.865. The number of nitrogens with one attached hydrogen (secondary N) is 1.